The summed E-state index contributed by atoms with van der Waals surface area (Å²) in [5.41, 5.74) is -0.795. The Morgan fingerprint density at radius 3 is 2.58 bits per heavy atom. The Kier molecular flexibility index (Phi) is 5.94. The number of aliphatic hydroxyl groups is 1. The van der Waals surface area contributed by atoms with Crippen LogP contribution >= 0.6 is 0 Å². The molecule has 0 saturated carbocycles. The van der Waals surface area contributed by atoms with Gasteiger partial charge in [0.25, 0.3) is 0 Å². The van der Waals surface area contributed by atoms with Crippen LogP contribution in [0.4, 0.5) is 0 Å². The molecule has 1 unspecified atom stereocenters. The Balaban J connectivity index is 2.54. The molecule has 0 saturated heterocycles. The van der Waals surface area contributed by atoms with Crippen molar-refractivity contribution >= 4 is 0 Å². The predicted molar refractivity (Wildman–Crippen MR) is 76.9 cm³/mol. The molecule has 110 valence electrons. The molecule has 5 nitrogen and oxygen atoms in total. The van der Waals surface area contributed by atoms with E-state index in [0.717, 1.165) is 18.9 Å². The molecule has 5 heteroatoms. The number of hydrogen-bond donors (Lipinski definition) is 2. The molecule has 19 heavy (non-hydrogen) atoms. The zero-order valence-corrected chi connectivity index (χ0v) is 12.8. The predicted octanol–water partition coefficient (Wildman–Crippen LogP) is 1.47. The standard InChI is InChI=1S/C14H28N4O/c1-11(2)7-15-9-14(5,19)6-13-16-10-17-18(13)8-12(3)4/h10-12,15,19H,6-9H2,1-5H3. The van der Waals surface area contributed by atoms with E-state index in [4.69, 9.17) is 0 Å². The minimum atomic E-state index is -0.795. The third-order valence-corrected chi connectivity index (χ3v) is 2.83. The largest absolute Gasteiger partial charge is 0.388 e. The summed E-state index contributed by atoms with van der Waals surface area (Å²) < 4.78 is 1.89. The van der Waals surface area contributed by atoms with Gasteiger partial charge in [-0.05, 0) is 25.3 Å². The molecule has 2 N–H and O–H groups in total. The third-order valence-electron chi connectivity index (χ3n) is 2.83. The second kappa shape index (κ2) is 7.01. The fourth-order valence-corrected chi connectivity index (χ4v) is 1.96. The summed E-state index contributed by atoms with van der Waals surface area (Å²) in [6.45, 7) is 12.8. The second-order valence-electron chi connectivity index (χ2n) is 6.45. The van der Waals surface area contributed by atoms with Crippen LogP contribution in [0.5, 0.6) is 0 Å². The SMILES string of the molecule is CC(C)CNCC(C)(O)Cc1ncnn1CC(C)C. The zero-order chi connectivity index (χ0) is 14.5. The van der Waals surface area contributed by atoms with E-state index in [1.165, 1.54) is 0 Å². The summed E-state index contributed by atoms with van der Waals surface area (Å²) in [4.78, 5) is 4.26. The molecule has 0 amide bonds. The van der Waals surface area contributed by atoms with Crippen molar-refractivity contribution < 1.29 is 5.11 Å². The Labute approximate surface area is 116 Å². The molecule has 1 rings (SSSR count). The van der Waals surface area contributed by atoms with E-state index in [-0.39, 0.29) is 0 Å². The molecule has 1 heterocycles. The van der Waals surface area contributed by atoms with E-state index in [2.05, 4.69) is 43.1 Å². The molecule has 1 atom stereocenters. The maximum Gasteiger partial charge on any atom is 0.138 e. The van der Waals surface area contributed by atoms with E-state index in [1.807, 2.05) is 11.6 Å². The van der Waals surface area contributed by atoms with Crippen LogP contribution in [-0.4, -0.2) is 38.6 Å². The molecular formula is C14H28N4O. The lowest BCUT2D eigenvalue weighted by atomic mass is 10.0. The summed E-state index contributed by atoms with van der Waals surface area (Å²) in [5, 5.41) is 17.9. The number of nitrogens with one attached hydrogen (secondary N) is 1. The van der Waals surface area contributed by atoms with E-state index in [9.17, 15) is 5.11 Å². The van der Waals surface area contributed by atoms with Crippen LogP contribution in [0.15, 0.2) is 6.33 Å². The second-order valence-corrected chi connectivity index (χ2v) is 6.45. The molecule has 0 aliphatic rings. The summed E-state index contributed by atoms with van der Waals surface area (Å²) in [7, 11) is 0. The van der Waals surface area contributed by atoms with E-state index < -0.39 is 5.60 Å². The minimum absolute atomic E-state index is 0.518. The smallest absolute Gasteiger partial charge is 0.138 e. The van der Waals surface area contributed by atoms with Gasteiger partial charge < -0.3 is 10.4 Å². The van der Waals surface area contributed by atoms with Crippen molar-refractivity contribution in [2.24, 2.45) is 11.8 Å². The quantitative estimate of drug-likeness (QED) is 0.749. The molecule has 0 aromatic carbocycles. The molecule has 0 aliphatic carbocycles. The van der Waals surface area contributed by atoms with Crippen LogP contribution in [0.3, 0.4) is 0 Å². The van der Waals surface area contributed by atoms with Crippen LogP contribution in [0.25, 0.3) is 0 Å². The van der Waals surface area contributed by atoms with Gasteiger partial charge in [0.2, 0.25) is 0 Å². The highest BCUT2D eigenvalue weighted by molar-refractivity contribution is 4.94. The fourth-order valence-electron chi connectivity index (χ4n) is 1.96. The summed E-state index contributed by atoms with van der Waals surface area (Å²) >= 11 is 0. The molecule has 1 aromatic heterocycles. The fraction of sp³-hybridized carbons (Fsp3) is 0.857. The van der Waals surface area contributed by atoms with Gasteiger partial charge in [0.15, 0.2) is 0 Å². The Morgan fingerprint density at radius 2 is 2.00 bits per heavy atom. The number of rotatable bonds is 8. The molecule has 1 aromatic rings. The third kappa shape index (κ3) is 6.16. The van der Waals surface area contributed by atoms with Crippen LogP contribution in [0, 0.1) is 11.8 Å². The Bertz CT molecular complexity index is 371. The highest BCUT2D eigenvalue weighted by atomic mass is 16.3. The maximum atomic E-state index is 10.4. The van der Waals surface area contributed by atoms with Gasteiger partial charge >= 0.3 is 0 Å². The molecular weight excluding hydrogens is 240 g/mol. The normalized spacial score (nSPS) is 15.2. The molecule has 0 radical (unpaired) electrons. The van der Waals surface area contributed by atoms with Crippen molar-refractivity contribution in [3.8, 4) is 0 Å². The van der Waals surface area contributed by atoms with E-state index in [0.29, 0.717) is 24.8 Å². The number of aromatic nitrogens is 3. The zero-order valence-electron chi connectivity index (χ0n) is 12.8. The average molecular weight is 268 g/mol. The molecule has 0 bridgehead atoms. The van der Waals surface area contributed by atoms with Crippen LogP contribution < -0.4 is 5.32 Å². The maximum absolute atomic E-state index is 10.4. The van der Waals surface area contributed by atoms with Gasteiger partial charge in [-0.15, -0.1) is 0 Å². The van der Waals surface area contributed by atoms with Crippen molar-refractivity contribution in [2.45, 2.75) is 53.2 Å². The van der Waals surface area contributed by atoms with Crippen molar-refractivity contribution in [3.63, 3.8) is 0 Å². The minimum Gasteiger partial charge on any atom is -0.388 e. The summed E-state index contributed by atoms with van der Waals surface area (Å²) in [6, 6.07) is 0. The topological polar surface area (TPSA) is 63.0 Å². The van der Waals surface area contributed by atoms with E-state index in [1.54, 1.807) is 6.33 Å². The van der Waals surface area contributed by atoms with E-state index >= 15 is 0 Å². The lowest BCUT2D eigenvalue weighted by Crippen LogP contribution is -2.41. The lowest BCUT2D eigenvalue weighted by Gasteiger charge is -2.24. The van der Waals surface area contributed by atoms with Gasteiger partial charge in [-0.1, -0.05) is 27.7 Å². The summed E-state index contributed by atoms with van der Waals surface area (Å²) in [5.74, 6) is 1.95. The first-order valence-corrected chi connectivity index (χ1v) is 7.10. The number of hydrogen-bond acceptors (Lipinski definition) is 4. The molecule has 0 fully saturated rings. The average Bonchev–Trinajstić information content (AvgIpc) is 2.62. The van der Waals surface area contributed by atoms with Crippen LogP contribution in [0.1, 0.15) is 40.4 Å². The highest BCUT2D eigenvalue weighted by Gasteiger charge is 2.23. The lowest BCUT2D eigenvalue weighted by molar-refractivity contribution is 0.0562. The first-order valence-electron chi connectivity index (χ1n) is 7.10. The first-order chi connectivity index (χ1) is 8.80. The van der Waals surface area contributed by atoms with Gasteiger partial charge in [0.1, 0.15) is 12.2 Å². The van der Waals surface area contributed by atoms with Gasteiger partial charge in [-0.3, -0.25) is 0 Å². The van der Waals surface area contributed by atoms with Gasteiger partial charge in [0, 0.05) is 19.5 Å². The Morgan fingerprint density at radius 1 is 1.32 bits per heavy atom. The number of nitrogens with zero attached hydrogens (tertiary/aromatic N) is 3. The van der Waals surface area contributed by atoms with Gasteiger partial charge in [0.05, 0.1) is 5.60 Å². The first kappa shape index (κ1) is 16.1. The monoisotopic (exact) mass is 268 g/mol. The van der Waals surface area contributed by atoms with Crippen LogP contribution in [0.2, 0.25) is 0 Å². The van der Waals surface area contributed by atoms with Crippen molar-refractivity contribution in [1.82, 2.24) is 20.1 Å². The van der Waals surface area contributed by atoms with Crippen LogP contribution in [-0.2, 0) is 13.0 Å². The van der Waals surface area contributed by atoms with Crippen molar-refractivity contribution in [3.05, 3.63) is 12.2 Å². The highest BCUT2D eigenvalue weighted by Crippen LogP contribution is 2.11. The molecule has 0 aliphatic heterocycles. The van der Waals surface area contributed by atoms with Gasteiger partial charge in [-0.25, -0.2) is 9.67 Å². The van der Waals surface area contributed by atoms with Gasteiger partial charge in [-0.2, -0.15) is 5.10 Å². The molecule has 0 spiro atoms. The van der Waals surface area contributed by atoms with Crippen molar-refractivity contribution in [2.75, 3.05) is 13.1 Å². The van der Waals surface area contributed by atoms with Crippen molar-refractivity contribution in [1.29, 1.82) is 0 Å². The Hall–Kier alpha value is -0.940. The summed E-state index contributed by atoms with van der Waals surface area (Å²) in [6.07, 6.45) is 2.08.